The number of carbonyl (C=O) groups excluding carboxylic acids is 1. The van der Waals surface area contributed by atoms with E-state index < -0.39 is 0 Å². The van der Waals surface area contributed by atoms with Gasteiger partial charge in [0.05, 0.1) is 15.6 Å². The van der Waals surface area contributed by atoms with Crippen LogP contribution in [0, 0.1) is 0 Å². The van der Waals surface area contributed by atoms with Crippen LogP contribution in [0.4, 0.5) is 5.13 Å². The molecule has 0 atom stereocenters. The summed E-state index contributed by atoms with van der Waals surface area (Å²) < 4.78 is 0. The molecule has 1 aromatic heterocycles. The van der Waals surface area contributed by atoms with Gasteiger partial charge in [-0.15, -0.1) is 11.3 Å². The number of hydrogen-bond donors (Lipinski definition) is 1. The second-order valence-electron chi connectivity index (χ2n) is 5.33. The molecule has 1 aromatic carbocycles. The van der Waals surface area contributed by atoms with Gasteiger partial charge in [-0.1, -0.05) is 29.3 Å². The monoisotopic (exact) mass is 370 g/mol. The molecule has 1 aliphatic rings. The summed E-state index contributed by atoms with van der Waals surface area (Å²) in [6.07, 6.45) is 1.81. The number of hydrogen-bond acceptors (Lipinski definition) is 5. The Morgan fingerprint density at radius 2 is 2.00 bits per heavy atom. The second-order valence-corrected chi connectivity index (χ2v) is 7.27. The minimum absolute atomic E-state index is 0.0702. The predicted octanol–water partition coefficient (Wildman–Crippen LogP) is 2.99. The summed E-state index contributed by atoms with van der Waals surface area (Å²) in [5.74, 6) is -0.0702. The highest BCUT2D eigenvalue weighted by atomic mass is 35.5. The highest BCUT2D eigenvalue weighted by Gasteiger charge is 2.24. The van der Waals surface area contributed by atoms with Crippen LogP contribution >= 0.6 is 34.5 Å². The summed E-state index contributed by atoms with van der Waals surface area (Å²) in [5.41, 5.74) is 6.11. The lowest BCUT2D eigenvalue weighted by Crippen LogP contribution is -2.48. The summed E-state index contributed by atoms with van der Waals surface area (Å²) in [6, 6.07) is 5.13. The fourth-order valence-electron chi connectivity index (χ4n) is 2.56. The van der Waals surface area contributed by atoms with Gasteiger partial charge in [-0.3, -0.25) is 9.69 Å². The quantitative estimate of drug-likeness (QED) is 0.901. The summed E-state index contributed by atoms with van der Waals surface area (Å²) in [6.45, 7) is 3.75. The highest BCUT2D eigenvalue weighted by Crippen LogP contribution is 2.27. The van der Waals surface area contributed by atoms with Crippen LogP contribution in [-0.4, -0.2) is 46.9 Å². The number of piperazine rings is 1. The molecule has 0 aliphatic carbocycles. The lowest BCUT2D eigenvalue weighted by molar-refractivity contribution is 0.0629. The maximum Gasteiger partial charge on any atom is 0.255 e. The minimum atomic E-state index is -0.0702. The first kappa shape index (κ1) is 16.5. The first-order chi connectivity index (χ1) is 11.0. The number of carbonyl (C=O) groups is 1. The first-order valence-electron chi connectivity index (χ1n) is 7.20. The molecule has 2 N–H and O–H groups in total. The van der Waals surface area contributed by atoms with Crippen molar-refractivity contribution in [2.45, 2.75) is 6.54 Å². The zero-order chi connectivity index (χ0) is 16.4. The van der Waals surface area contributed by atoms with Crippen molar-refractivity contribution in [2.75, 3.05) is 31.9 Å². The van der Waals surface area contributed by atoms with Crippen LogP contribution < -0.4 is 5.73 Å². The third-order valence-electron chi connectivity index (χ3n) is 3.79. The smallest absolute Gasteiger partial charge is 0.255 e. The van der Waals surface area contributed by atoms with Crippen LogP contribution in [0.1, 0.15) is 15.2 Å². The number of anilines is 1. The van der Waals surface area contributed by atoms with Crippen molar-refractivity contribution < 1.29 is 4.79 Å². The van der Waals surface area contributed by atoms with Gasteiger partial charge in [-0.2, -0.15) is 0 Å². The van der Waals surface area contributed by atoms with Gasteiger partial charge in [-0.05, 0) is 12.1 Å². The fraction of sp³-hybridized carbons (Fsp3) is 0.333. The van der Waals surface area contributed by atoms with Crippen LogP contribution in [0.25, 0.3) is 0 Å². The maximum atomic E-state index is 12.6. The molecule has 1 fully saturated rings. The van der Waals surface area contributed by atoms with Gasteiger partial charge < -0.3 is 10.6 Å². The largest absolute Gasteiger partial charge is 0.375 e. The summed E-state index contributed by atoms with van der Waals surface area (Å²) in [5, 5.41) is 1.31. The van der Waals surface area contributed by atoms with Crippen LogP contribution in [0.2, 0.25) is 10.0 Å². The van der Waals surface area contributed by atoms with Crippen LogP contribution in [0.3, 0.4) is 0 Å². The molecule has 122 valence electrons. The number of amides is 1. The van der Waals surface area contributed by atoms with Crippen LogP contribution in [0.5, 0.6) is 0 Å². The predicted molar refractivity (Wildman–Crippen MR) is 94.2 cm³/mol. The number of nitrogen functional groups attached to an aromatic ring is 1. The summed E-state index contributed by atoms with van der Waals surface area (Å²) >= 11 is 13.6. The van der Waals surface area contributed by atoms with Gasteiger partial charge in [0.1, 0.15) is 0 Å². The summed E-state index contributed by atoms with van der Waals surface area (Å²) in [4.78, 5) is 21.9. The van der Waals surface area contributed by atoms with Crippen molar-refractivity contribution in [3.8, 4) is 0 Å². The van der Waals surface area contributed by atoms with Gasteiger partial charge >= 0.3 is 0 Å². The average molecular weight is 371 g/mol. The molecule has 1 aliphatic heterocycles. The number of halogens is 2. The van der Waals surface area contributed by atoms with Crippen molar-refractivity contribution in [3.63, 3.8) is 0 Å². The second kappa shape index (κ2) is 7.05. The zero-order valence-corrected chi connectivity index (χ0v) is 14.7. The van der Waals surface area contributed by atoms with E-state index in [-0.39, 0.29) is 5.91 Å². The lowest BCUT2D eigenvalue weighted by Gasteiger charge is -2.34. The number of rotatable bonds is 3. The Morgan fingerprint density at radius 1 is 1.26 bits per heavy atom. The normalized spacial score (nSPS) is 15.8. The van der Waals surface area contributed by atoms with E-state index in [1.54, 1.807) is 18.2 Å². The van der Waals surface area contributed by atoms with Crippen LogP contribution in [-0.2, 0) is 6.54 Å². The molecule has 0 bridgehead atoms. The molecule has 1 saturated heterocycles. The molecule has 3 rings (SSSR count). The number of aromatic nitrogens is 1. The van der Waals surface area contributed by atoms with E-state index in [1.807, 2.05) is 11.1 Å². The standard InChI is InChI=1S/C15H16Cl2N4OS/c16-12-3-1-2-11(13(12)17)14(22)21-6-4-20(5-7-21)9-10-8-19-15(18)23-10/h1-3,8H,4-7,9H2,(H2,18,19). The minimum Gasteiger partial charge on any atom is -0.375 e. The molecule has 0 spiro atoms. The SMILES string of the molecule is Nc1ncc(CN2CCN(C(=O)c3cccc(Cl)c3Cl)CC2)s1. The number of benzene rings is 1. The average Bonchev–Trinajstić information content (AvgIpc) is 2.95. The van der Waals surface area contributed by atoms with E-state index in [0.717, 1.165) is 24.5 Å². The summed E-state index contributed by atoms with van der Waals surface area (Å²) in [7, 11) is 0. The fourth-order valence-corrected chi connectivity index (χ4v) is 3.67. The molecular weight excluding hydrogens is 355 g/mol. The van der Waals surface area contributed by atoms with E-state index >= 15 is 0 Å². The highest BCUT2D eigenvalue weighted by molar-refractivity contribution is 7.15. The number of nitrogens with two attached hydrogens (primary N) is 1. The molecule has 23 heavy (non-hydrogen) atoms. The Kier molecular flexibility index (Phi) is 5.06. The molecule has 2 aromatic rings. The number of nitrogens with zero attached hydrogens (tertiary/aromatic N) is 3. The zero-order valence-electron chi connectivity index (χ0n) is 12.3. The molecule has 0 unspecified atom stereocenters. The van der Waals surface area contributed by atoms with E-state index in [1.165, 1.54) is 11.3 Å². The van der Waals surface area contributed by atoms with Crippen molar-refractivity contribution in [2.24, 2.45) is 0 Å². The Balaban J connectivity index is 1.60. The molecule has 5 nitrogen and oxygen atoms in total. The van der Waals surface area contributed by atoms with E-state index in [9.17, 15) is 4.79 Å². The topological polar surface area (TPSA) is 62.5 Å². The van der Waals surface area contributed by atoms with E-state index in [4.69, 9.17) is 28.9 Å². The van der Waals surface area contributed by atoms with Gasteiger partial charge in [0.2, 0.25) is 0 Å². The Labute approximate surface area is 148 Å². The lowest BCUT2D eigenvalue weighted by atomic mass is 10.1. The molecule has 0 saturated carbocycles. The van der Waals surface area contributed by atoms with Crippen molar-refractivity contribution in [3.05, 3.63) is 44.9 Å². The third kappa shape index (κ3) is 3.77. The molecule has 0 radical (unpaired) electrons. The number of thiazole rings is 1. The van der Waals surface area contributed by atoms with E-state index in [2.05, 4.69) is 9.88 Å². The molecule has 8 heteroatoms. The van der Waals surface area contributed by atoms with Crippen molar-refractivity contribution >= 4 is 45.6 Å². The van der Waals surface area contributed by atoms with Gasteiger partial charge in [0.25, 0.3) is 5.91 Å². The Bertz CT molecular complexity index is 713. The van der Waals surface area contributed by atoms with Crippen molar-refractivity contribution in [1.29, 1.82) is 0 Å². The molecule has 2 heterocycles. The van der Waals surface area contributed by atoms with Crippen molar-refractivity contribution in [1.82, 2.24) is 14.8 Å². The van der Waals surface area contributed by atoms with E-state index in [0.29, 0.717) is 33.8 Å². The van der Waals surface area contributed by atoms with Crippen LogP contribution in [0.15, 0.2) is 24.4 Å². The first-order valence-corrected chi connectivity index (χ1v) is 8.77. The molecular formula is C15H16Cl2N4OS. The van der Waals surface area contributed by atoms with Gasteiger partial charge in [-0.25, -0.2) is 4.98 Å². The maximum absolute atomic E-state index is 12.6. The van der Waals surface area contributed by atoms with Gasteiger partial charge in [0, 0.05) is 43.8 Å². The Hall–Kier alpha value is -1.34. The third-order valence-corrected chi connectivity index (χ3v) is 5.42. The van der Waals surface area contributed by atoms with Gasteiger partial charge in [0.15, 0.2) is 5.13 Å². The molecule has 1 amide bonds. The Morgan fingerprint density at radius 3 is 2.65 bits per heavy atom.